The molecule has 1 N–H and O–H groups in total. The summed E-state index contributed by atoms with van der Waals surface area (Å²) in [4.78, 5) is 12.0. The van der Waals surface area contributed by atoms with E-state index in [1.165, 1.54) is 18.7 Å². The number of nitrogens with zero attached hydrogens (tertiary/aromatic N) is 4. The third-order valence-corrected chi connectivity index (χ3v) is 3.27. The molecule has 0 saturated heterocycles. The smallest absolute Gasteiger partial charge is 0.289 e. The van der Waals surface area contributed by atoms with Crippen LogP contribution in [-0.4, -0.2) is 26.1 Å². The van der Waals surface area contributed by atoms with Gasteiger partial charge in [0, 0.05) is 7.05 Å². The normalized spacial score (nSPS) is 11.5. The molecule has 0 aliphatic heterocycles. The van der Waals surface area contributed by atoms with Crippen LogP contribution in [0.1, 0.15) is 21.5 Å². The predicted octanol–water partition coefficient (Wildman–Crippen LogP) is 2.44. The van der Waals surface area contributed by atoms with Gasteiger partial charge in [0.15, 0.2) is 0 Å². The van der Waals surface area contributed by atoms with Gasteiger partial charge in [-0.05, 0) is 35.0 Å². The molecule has 1 aromatic heterocycles. The molecule has 2 rings (SSSR count). The minimum atomic E-state index is -4.53. The second-order valence-electron chi connectivity index (χ2n) is 4.18. The number of aromatic nitrogens is 4. The number of rotatable bonds is 2. The zero-order valence-electron chi connectivity index (χ0n) is 10.9. The lowest BCUT2D eigenvalue weighted by atomic mass is 10.0. The average Bonchev–Trinajstić information content (AvgIpc) is 2.76. The molecule has 21 heavy (non-hydrogen) atoms. The van der Waals surface area contributed by atoms with E-state index in [-0.39, 0.29) is 22.1 Å². The van der Waals surface area contributed by atoms with Crippen LogP contribution in [0.25, 0.3) is 0 Å². The van der Waals surface area contributed by atoms with Crippen molar-refractivity contribution in [3.05, 3.63) is 33.8 Å². The van der Waals surface area contributed by atoms with Crippen LogP contribution in [0.5, 0.6) is 0 Å². The third-order valence-electron chi connectivity index (χ3n) is 2.78. The van der Waals surface area contributed by atoms with Gasteiger partial charge in [-0.25, -0.2) is 4.68 Å². The lowest BCUT2D eigenvalue weighted by Crippen LogP contribution is -2.17. The summed E-state index contributed by atoms with van der Waals surface area (Å²) >= 11 is 5.86. The summed E-state index contributed by atoms with van der Waals surface area (Å²) in [6.45, 7) is 1.20. The van der Waals surface area contributed by atoms with Crippen molar-refractivity contribution >= 4 is 23.5 Å². The van der Waals surface area contributed by atoms with Gasteiger partial charge in [-0.2, -0.15) is 13.2 Å². The molecule has 0 saturated carbocycles. The minimum absolute atomic E-state index is 0.0496. The van der Waals surface area contributed by atoms with Crippen molar-refractivity contribution in [3.8, 4) is 0 Å². The van der Waals surface area contributed by atoms with Crippen LogP contribution >= 0.6 is 11.6 Å². The Labute approximate surface area is 121 Å². The Bertz CT molecular complexity index is 698. The van der Waals surface area contributed by atoms with Crippen LogP contribution < -0.4 is 5.32 Å². The van der Waals surface area contributed by atoms with Crippen molar-refractivity contribution in [2.24, 2.45) is 7.05 Å². The number of carbonyl (C=O) groups is 1. The van der Waals surface area contributed by atoms with Crippen molar-refractivity contribution < 1.29 is 18.0 Å². The zero-order chi connectivity index (χ0) is 15.8. The fourth-order valence-corrected chi connectivity index (χ4v) is 1.92. The highest BCUT2D eigenvalue weighted by Crippen LogP contribution is 2.36. The SMILES string of the molecule is Cc1c(C(F)(F)F)ccc(C(=O)Nc2nnnn2C)c1Cl. The van der Waals surface area contributed by atoms with Gasteiger partial charge in [0.2, 0.25) is 5.95 Å². The molecule has 0 fully saturated rings. The molecule has 0 aliphatic carbocycles. The fourth-order valence-electron chi connectivity index (χ4n) is 1.67. The molecular formula is C11H9ClF3N5O. The second-order valence-corrected chi connectivity index (χ2v) is 4.56. The number of halogens is 4. The summed E-state index contributed by atoms with van der Waals surface area (Å²) in [6, 6.07) is 1.82. The third kappa shape index (κ3) is 2.97. The van der Waals surface area contributed by atoms with Gasteiger partial charge >= 0.3 is 6.18 Å². The summed E-state index contributed by atoms with van der Waals surface area (Å²) in [5.74, 6) is -0.650. The first kappa shape index (κ1) is 15.2. The van der Waals surface area contributed by atoms with Gasteiger partial charge < -0.3 is 0 Å². The fraction of sp³-hybridized carbons (Fsp3) is 0.273. The van der Waals surface area contributed by atoms with E-state index in [1.54, 1.807) is 0 Å². The Kier molecular flexibility index (Phi) is 3.86. The number of carbonyl (C=O) groups excluding carboxylic acids is 1. The van der Waals surface area contributed by atoms with Gasteiger partial charge in [-0.1, -0.05) is 16.7 Å². The number of alkyl halides is 3. The average molecular weight is 320 g/mol. The van der Waals surface area contributed by atoms with Crippen LogP contribution in [0.3, 0.4) is 0 Å². The second kappa shape index (κ2) is 5.32. The van der Waals surface area contributed by atoms with E-state index in [0.29, 0.717) is 0 Å². The molecule has 0 spiro atoms. The van der Waals surface area contributed by atoms with E-state index in [9.17, 15) is 18.0 Å². The molecule has 2 aromatic rings. The first-order valence-electron chi connectivity index (χ1n) is 5.62. The zero-order valence-corrected chi connectivity index (χ0v) is 11.6. The van der Waals surface area contributed by atoms with Gasteiger partial charge in [-0.3, -0.25) is 10.1 Å². The molecule has 6 nitrogen and oxygen atoms in total. The number of amides is 1. The summed E-state index contributed by atoms with van der Waals surface area (Å²) < 4.78 is 39.4. The van der Waals surface area contributed by atoms with Crippen molar-refractivity contribution in [2.45, 2.75) is 13.1 Å². The van der Waals surface area contributed by atoms with Crippen molar-refractivity contribution in [1.29, 1.82) is 0 Å². The lowest BCUT2D eigenvalue weighted by molar-refractivity contribution is -0.138. The number of benzene rings is 1. The van der Waals surface area contributed by atoms with E-state index < -0.39 is 17.6 Å². The Morgan fingerprint density at radius 2 is 2.05 bits per heavy atom. The molecule has 0 atom stereocenters. The number of tetrazole rings is 1. The van der Waals surface area contributed by atoms with Crippen molar-refractivity contribution in [3.63, 3.8) is 0 Å². The summed E-state index contributed by atoms with van der Waals surface area (Å²) in [7, 11) is 1.50. The highest BCUT2D eigenvalue weighted by atomic mass is 35.5. The number of anilines is 1. The monoisotopic (exact) mass is 319 g/mol. The van der Waals surface area contributed by atoms with Gasteiger partial charge in [0.25, 0.3) is 5.91 Å². The van der Waals surface area contributed by atoms with Crippen molar-refractivity contribution in [2.75, 3.05) is 5.32 Å². The number of hydrogen-bond acceptors (Lipinski definition) is 4. The Morgan fingerprint density at radius 3 is 2.57 bits per heavy atom. The maximum Gasteiger partial charge on any atom is 0.416 e. The molecule has 0 radical (unpaired) electrons. The maximum atomic E-state index is 12.7. The summed E-state index contributed by atoms with van der Waals surface area (Å²) in [6.07, 6.45) is -4.53. The molecule has 0 bridgehead atoms. The molecule has 0 unspecified atom stereocenters. The van der Waals surface area contributed by atoms with E-state index in [1.807, 2.05) is 0 Å². The maximum absolute atomic E-state index is 12.7. The quantitative estimate of drug-likeness (QED) is 0.922. The highest BCUT2D eigenvalue weighted by molar-refractivity contribution is 6.35. The number of aryl methyl sites for hydroxylation is 1. The van der Waals surface area contributed by atoms with Gasteiger partial charge in [-0.15, -0.1) is 0 Å². The van der Waals surface area contributed by atoms with Crippen LogP contribution in [0.4, 0.5) is 19.1 Å². The Morgan fingerprint density at radius 1 is 1.38 bits per heavy atom. The van der Waals surface area contributed by atoms with E-state index in [4.69, 9.17) is 11.6 Å². The van der Waals surface area contributed by atoms with Crippen LogP contribution in [0.2, 0.25) is 5.02 Å². The molecule has 1 heterocycles. The molecule has 1 amide bonds. The first-order chi connectivity index (χ1) is 9.71. The van der Waals surface area contributed by atoms with Crippen LogP contribution in [0, 0.1) is 6.92 Å². The number of hydrogen-bond donors (Lipinski definition) is 1. The number of nitrogens with one attached hydrogen (secondary N) is 1. The van der Waals surface area contributed by atoms with Crippen LogP contribution in [-0.2, 0) is 13.2 Å². The lowest BCUT2D eigenvalue weighted by Gasteiger charge is -2.13. The predicted molar refractivity (Wildman–Crippen MR) is 67.9 cm³/mol. The van der Waals surface area contributed by atoms with E-state index in [0.717, 1.165) is 12.1 Å². The van der Waals surface area contributed by atoms with Gasteiger partial charge in [0.05, 0.1) is 16.1 Å². The Hall–Kier alpha value is -2.16. The molecule has 10 heteroatoms. The van der Waals surface area contributed by atoms with Crippen LogP contribution in [0.15, 0.2) is 12.1 Å². The van der Waals surface area contributed by atoms with Gasteiger partial charge in [0.1, 0.15) is 0 Å². The molecule has 0 aliphatic rings. The van der Waals surface area contributed by atoms with Crippen molar-refractivity contribution in [1.82, 2.24) is 20.2 Å². The standard InChI is InChI=1S/C11H9ClF3N5O/c1-5-7(11(13,14)15)4-3-6(8(5)12)9(21)16-10-17-18-19-20(10)2/h3-4H,1-2H3,(H,16,17,19,21). The Balaban J connectivity index is 2.35. The first-order valence-corrected chi connectivity index (χ1v) is 5.99. The molecular weight excluding hydrogens is 311 g/mol. The highest BCUT2D eigenvalue weighted by Gasteiger charge is 2.34. The van der Waals surface area contributed by atoms with E-state index in [2.05, 4.69) is 20.8 Å². The minimum Gasteiger partial charge on any atom is -0.289 e. The summed E-state index contributed by atoms with van der Waals surface area (Å²) in [5.41, 5.74) is -1.19. The molecule has 1 aromatic carbocycles. The molecule has 112 valence electrons. The topological polar surface area (TPSA) is 72.7 Å². The largest absolute Gasteiger partial charge is 0.416 e. The van der Waals surface area contributed by atoms with E-state index >= 15 is 0 Å². The summed E-state index contributed by atoms with van der Waals surface area (Å²) in [5, 5.41) is 12.5.